The van der Waals surface area contributed by atoms with Gasteiger partial charge in [-0.15, -0.1) is 19.3 Å². The topological polar surface area (TPSA) is 0 Å². The smallest absolute Gasteiger partial charge is 0.0405 e. The highest BCUT2D eigenvalue weighted by atomic mass is 14.0. The molecule has 0 unspecified atom stereocenters. The Morgan fingerprint density at radius 2 is 1.31 bits per heavy atom. The summed E-state index contributed by atoms with van der Waals surface area (Å²) >= 11 is 0. The van der Waals surface area contributed by atoms with Crippen LogP contribution in [0.4, 0.5) is 0 Å². The lowest BCUT2D eigenvalue weighted by Gasteiger charge is -2.02. The molecule has 0 radical (unpaired) electrons. The molecule has 0 atom stereocenters. The quantitative estimate of drug-likeness (QED) is 0.574. The third-order valence-corrected chi connectivity index (χ3v) is 2.45. The Kier molecular flexibility index (Phi) is 2.39. The van der Waals surface area contributed by atoms with E-state index in [9.17, 15) is 0 Å². The fraction of sp³-hybridized carbons (Fsp3) is 0. The molecule has 0 saturated heterocycles. The molecule has 0 saturated carbocycles. The van der Waals surface area contributed by atoms with Crippen LogP contribution in [0, 0.1) is 37.0 Å². The lowest BCUT2D eigenvalue weighted by molar-refractivity contribution is 1.63. The summed E-state index contributed by atoms with van der Waals surface area (Å²) in [4.78, 5) is 0. The maximum Gasteiger partial charge on any atom is 0.0405 e. The number of rotatable bonds is 0. The SMILES string of the molecule is C#Cc1ccc2cc(C#C)c(C#C)cc2c1. The zero-order valence-corrected chi connectivity index (χ0v) is 8.62. The lowest BCUT2D eigenvalue weighted by atomic mass is 10.00. The Balaban J connectivity index is 2.82. The molecule has 2 rings (SSSR count). The van der Waals surface area contributed by atoms with Gasteiger partial charge in [-0.25, -0.2) is 0 Å². The first-order valence-corrected chi connectivity index (χ1v) is 4.76. The predicted octanol–water partition coefficient (Wildman–Crippen LogP) is 2.78. The summed E-state index contributed by atoms with van der Waals surface area (Å²) in [5, 5.41) is 2.06. The summed E-state index contributed by atoms with van der Waals surface area (Å²) in [5.74, 6) is 7.76. The van der Waals surface area contributed by atoms with Crippen molar-refractivity contribution >= 4 is 10.8 Å². The Bertz CT molecular complexity index is 683. The van der Waals surface area contributed by atoms with Crippen LogP contribution in [0.3, 0.4) is 0 Å². The van der Waals surface area contributed by atoms with Gasteiger partial charge in [0.1, 0.15) is 0 Å². The predicted molar refractivity (Wildman–Crippen MR) is 67.8 cm³/mol. The van der Waals surface area contributed by atoms with Gasteiger partial charge >= 0.3 is 0 Å². The largest absolute Gasteiger partial charge is 0.115 e. The number of terminal acetylenes is 3. The van der Waals surface area contributed by atoms with Crippen molar-refractivity contribution in [3.63, 3.8) is 0 Å². The highest BCUT2D eigenvalue weighted by molar-refractivity contribution is 5.87. The van der Waals surface area contributed by atoms with E-state index in [2.05, 4.69) is 17.8 Å². The van der Waals surface area contributed by atoms with Gasteiger partial charge in [0.25, 0.3) is 0 Å². The van der Waals surface area contributed by atoms with Crippen LogP contribution in [0.25, 0.3) is 10.8 Å². The van der Waals surface area contributed by atoms with E-state index in [1.165, 1.54) is 0 Å². The summed E-state index contributed by atoms with van der Waals surface area (Å²) in [6.07, 6.45) is 16.1. The fourth-order valence-electron chi connectivity index (χ4n) is 1.63. The average molecular weight is 200 g/mol. The third-order valence-electron chi connectivity index (χ3n) is 2.45. The van der Waals surface area contributed by atoms with Crippen LogP contribution in [-0.4, -0.2) is 0 Å². The van der Waals surface area contributed by atoms with Crippen LogP contribution in [0.1, 0.15) is 16.7 Å². The molecule has 0 N–H and O–H groups in total. The number of hydrogen-bond donors (Lipinski definition) is 0. The van der Waals surface area contributed by atoms with Crippen LogP contribution < -0.4 is 0 Å². The summed E-state index contributed by atoms with van der Waals surface area (Å²) < 4.78 is 0. The normalized spacial score (nSPS) is 9.06. The zero-order valence-electron chi connectivity index (χ0n) is 8.62. The first-order valence-electron chi connectivity index (χ1n) is 4.76. The van der Waals surface area contributed by atoms with Gasteiger partial charge in [-0.1, -0.05) is 23.8 Å². The van der Waals surface area contributed by atoms with Crippen molar-refractivity contribution in [2.75, 3.05) is 0 Å². The third kappa shape index (κ3) is 1.52. The molecule has 0 bridgehead atoms. The van der Waals surface area contributed by atoms with E-state index >= 15 is 0 Å². The monoisotopic (exact) mass is 200 g/mol. The first-order chi connectivity index (χ1) is 7.78. The van der Waals surface area contributed by atoms with Crippen molar-refractivity contribution in [1.82, 2.24) is 0 Å². The van der Waals surface area contributed by atoms with Crippen molar-refractivity contribution in [3.8, 4) is 37.0 Å². The first kappa shape index (κ1) is 9.92. The molecule has 0 aliphatic rings. The molecule has 16 heavy (non-hydrogen) atoms. The second-order valence-electron chi connectivity index (χ2n) is 3.39. The Labute approximate surface area is 95.3 Å². The van der Waals surface area contributed by atoms with E-state index in [-0.39, 0.29) is 0 Å². The van der Waals surface area contributed by atoms with E-state index in [0.29, 0.717) is 0 Å². The van der Waals surface area contributed by atoms with Crippen LogP contribution in [0.5, 0.6) is 0 Å². The van der Waals surface area contributed by atoms with Crippen molar-refractivity contribution in [3.05, 3.63) is 47.0 Å². The molecule has 72 valence electrons. The van der Waals surface area contributed by atoms with Gasteiger partial charge in [0, 0.05) is 16.7 Å². The highest BCUT2D eigenvalue weighted by Gasteiger charge is 2.01. The summed E-state index contributed by atoms with van der Waals surface area (Å²) in [6.45, 7) is 0. The van der Waals surface area contributed by atoms with Gasteiger partial charge in [0.2, 0.25) is 0 Å². The van der Waals surface area contributed by atoms with Gasteiger partial charge in [-0.2, -0.15) is 0 Å². The summed E-state index contributed by atoms with van der Waals surface area (Å²) in [7, 11) is 0. The second kappa shape index (κ2) is 3.86. The van der Waals surface area contributed by atoms with Crippen molar-refractivity contribution in [2.45, 2.75) is 0 Å². The molecule has 2 aromatic rings. The van der Waals surface area contributed by atoms with E-state index in [4.69, 9.17) is 19.3 Å². The minimum atomic E-state index is 0.726. The van der Waals surface area contributed by atoms with Gasteiger partial charge in [0.15, 0.2) is 0 Å². The van der Waals surface area contributed by atoms with E-state index in [0.717, 1.165) is 27.5 Å². The molecule has 0 aliphatic carbocycles. The fourth-order valence-corrected chi connectivity index (χ4v) is 1.63. The lowest BCUT2D eigenvalue weighted by Crippen LogP contribution is -1.85. The standard InChI is InChI=1S/C16H8/c1-4-12-7-8-15-10-13(5-2)14(6-3)11-16(15)9-12/h1-3,7-11H. The Hall–Kier alpha value is -2.62. The maximum absolute atomic E-state index is 5.40. The minimum absolute atomic E-state index is 0.726. The van der Waals surface area contributed by atoms with Gasteiger partial charge < -0.3 is 0 Å². The molecule has 0 aromatic heterocycles. The molecular formula is C16H8. The van der Waals surface area contributed by atoms with Crippen molar-refractivity contribution < 1.29 is 0 Å². The highest BCUT2D eigenvalue weighted by Crippen LogP contribution is 2.20. The summed E-state index contributed by atoms with van der Waals surface area (Å²) in [6, 6.07) is 9.57. The van der Waals surface area contributed by atoms with Crippen LogP contribution in [0.2, 0.25) is 0 Å². The molecule has 0 heterocycles. The Morgan fingerprint density at radius 3 is 1.88 bits per heavy atom. The molecule has 0 fully saturated rings. The molecular weight excluding hydrogens is 192 g/mol. The van der Waals surface area contributed by atoms with E-state index in [1.807, 2.05) is 30.3 Å². The molecule has 0 heteroatoms. The number of fused-ring (bicyclic) bond motifs is 1. The average Bonchev–Trinajstić information content (AvgIpc) is 2.36. The second-order valence-corrected chi connectivity index (χ2v) is 3.39. The molecule has 0 aliphatic heterocycles. The van der Waals surface area contributed by atoms with Crippen LogP contribution in [0.15, 0.2) is 30.3 Å². The van der Waals surface area contributed by atoms with E-state index < -0.39 is 0 Å². The Morgan fingerprint density at radius 1 is 0.688 bits per heavy atom. The molecule has 0 amide bonds. The van der Waals surface area contributed by atoms with Crippen LogP contribution >= 0.6 is 0 Å². The molecule has 2 aromatic carbocycles. The van der Waals surface area contributed by atoms with Gasteiger partial charge in [-0.3, -0.25) is 0 Å². The molecule has 0 spiro atoms. The van der Waals surface area contributed by atoms with Gasteiger partial charge in [-0.05, 0) is 35.0 Å². The van der Waals surface area contributed by atoms with Gasteiger partial charge in [0.05, 0.1) is 0 Å². The maximum atomic E-state index is 5.40. The zero-order chi connectivity index (χ0) is 11.5. The number of benzene rings is 2. The molecule has 0 nitrogen and oxygen atoms in total. The van der Waals surface area contributed by atoms with E-state index in [1.54, 1.807) is 0 Å². The van der Waals surface area contributed by atoms with Crippen molar-refractivity contribution in [2.24, 2.45) is 0 Å². The minimum Gasteiger partial charge on any atom is -0.115 e. The van der Waals surface area contributed by atoms with Crippen molar-refractivity contribution in [1.29, 1.82) is 0 Å². The summed E-state index contributed by atoms with van der Waals surface area (Å²) in [5.41, 5.74) is 2.30. The number of hydrogen-bond acceptors (Lipinski definition) is 0. The van der Waals surface area contributed by atoms with Crippen LogP contribution in [-0.2, 0) is 0 Å².